The smallest absolute Gasteiger partial charge is 0.250 e. The molecule has 1 aromatic rings. The predicted molar refractivity (Wildman–Crippen MR) is 81.5 cm³/mol. The third-order valence-electron chi connectivity index (χ3n) is 4.54. The molecular formula is C15H24ClN3O. The summed E-state index contributed by atoms with van der Waals surface area (Å²) in [7, 11) is 0. The molecule has 4 nitrogen and oxygen atoms in total. The molecule has 2 saturated carbocycles. The Labute approximate surface area is 126 Å². The van der Waals surface area contributed by atoms with Crippen LogP contribution in [0, 0.1) is 5.92 Å². The van der Waals surface area contributed by atoms with Gasteiger partial charge in [0.15, 0.2) is 5.82 Å². The summed E-state index contributed by atoms with van der Waals surface area (Å²) < 4.78 is 5.31. The lowest BCUT2D eigenvalue weighted by molar-refractivity contribution is 0.363. The fraction of sp³-hybridized carbons (Fsp3) is 0.733. The van der Waals surface area contributed by atoms with Crippen LogP contribution in [0.3, 0.4) is 0 Å². The molecule has 0 aliphatic heterocycles. The lowest BCUT2D eigenvalue weighted by Crippen LogP contribution is -2.34. The van der Waals surface area contributed by atoms with Gasteiger partial charge < -0.3 is 10.3 Å². The minimum Gasteiger partial charge on any atom is -0.335 e. The fourth-order valence-electron chi connectivity index (χ4n) is 3.28. The van der Waals surface area contributed by atoms with Crippen molar-refractivity contribution in [3.63, 3.8) is 0 Å². The molecule has 3 rings (SSSR count). The zero-order chi connectivity index (χ0) is 13.1. The maximum Gasteiger partial charge on any atom is 0.250 e. The highest BCUT2D eigenvalue weighted by atomic mass is 35.5. The van der Waals surface area contributed by atoms with E-state index < -0.39 is 0 Å². The van der Waals surface area contributed by atoms with E-state index in [1.54, 1.807) is 0 Å². The van der Waals surface area contributed by atoms with Crippen LogP contribution >= 0.6 is 12.4 Å². The Balaban J connectivity index is 0.00000147. The normalized spacial score (nSPS) is 23.1. The quantitative estimate of drug-likeness (QED) is 0.921. The average molecular weight is 298 g/mol. The van der Waals surface area contributed by atoms with E-state index in [0.29, 0.717) is 17.6 Å². The van der Waals surface area contributed by atoms with Crippen molar-refractivity contribution in [3.05, 3.63) is 17.8 Å². The van der Waals surface area contributed by atoms with Crippen LogP contribution in [0.4, 0.5) is 0 Å². The van der Waals surface area contributed by atoms with E-state index in [-0.39, 0.29) is 17.9 Å². The maximum absolute atomic E-state index is 6.32. The maximum atomic E-state index is 6.32. The van der Waals surface area contributed by atoms with Gasteiger partial charge in [0.25, 0.3) is 0 Å². The van der Waals surface area contributed by atoms with Gasteiger partial charge in [-0.25, -0.2) is 0 Å². The molecule has 0 amide bonds. The van der Waals surface area contributed by atoms with Gasteiger partial charge in [0.05, 0.1) is 5.54 Å². The largest absolute Gasteiger partial charge is 0.335 e. The van der Waals surface area contributed by atoms with Gasteiger partial charge in [-0.05, 0) is 37.7 Å². The Hall–Kier alpha value is -0.870. The van der Waals surface area contributed by atoms with Crippen LogP contribution in [0.5, 0.6) is 0 Å². The SMILES string of the molecule is Cl.NC1(c2noc(/C=C/C3CCCCC3)n2)CCCC1. The molecule has 0 unspecified atom stereocenters. The van der Waals surface area contributed by atoms with Crippen molar-refractivity contribution in [2.24, 2.45) is 11.7 Å². The summed E-state index contributed by atoms with van der Waals surface area (Å²) in [5.41, 5.74) is 5.98. The molecule has 1 heterocycles. The van der Waals surface area contributed by atoms with Gasteiger partial charge in [0, 0.05) is 0 Å². The van der Waals surface area contributed by atoms with Crippen LogP contribution in [0.15, 0.2) is 10.6 Å². The summed E-state index contributed by atoms with van der Waals surface area (Å²) in [6.07, 6.45) is 15.1. The summed E-state index contributed by atoms with van der Waals surface area (Å²) in [6.45, 7) is 0. The number of rotatable bonds is 3. The van der Waals surface area contributed by atoms with Gasteiger partial charge >= 0.3 is 0 Å². The first kappa shape index (κ1) is 15.5. The molecule has 112 valence electrons. The number of allylic oxidation sites excluding steroid dienone is 1. The van der Waals surface area contributed by atoms with Crippen molar-refractivity contribution in [2.45, 2.75) is 63.3 Å². The van der Waals surface area contributed by atoms with E-state index >= 15 is 0 Å². The van der Waals surface area contributed by atoms with E-state index in [2.05, 4.69) is 16.2 Å². The Bertz CT molecular complexity index is 446. The minimum absolute atomic E-state index is 0. The van der Waals surface area contributed by atoms with E-state index in [1.807, 2.05) is 6.08 Å². The van der Waals surface area contributed by atoms with Crippen LogP contribution in [-0.2, 0) is 5.54 Å². The molecule has 5 heteroatoms. The van der Waals surface area contributed by atoms with Gasteiger partial charge in [0.2, 0.25) is 5.89 Å². The highest BCUT2D eigenvalue weighted by Gasteiger charge is 2.35. The van der Waals surface area contributed by atoms with Gasteiger partial charge in [-0.3, -0.25) is 0 Å². The van der Waals surface area contributed by atoms with Gasteiger partial charge in [-0.1, -0.05) is 43.3 Å². The summed E-state index contributed by atoms with van der Waals surface area (Å²) in [6, 6.07) is 0. The lowest BCUT2D eigenvalue weighted by atomic mass is 9.89. The van der Waals surface area contributed by atoms with Crippen LogP contribution in [-0.4, -0.2) is 10.1 Å². The van der Waals surface area contributed by atoms with Crippen molar-refractivity contribution < 1.29 is 4.52 Å². The first-order valence-electron chi connectivity index (χ1n) is 7.58. The van der Waals surface area contributed by atoms with Crippen molar-refractivity contribution in [1.82, 2.24) is 10.1 Å². The van der Waals surface area contributed by atoms with E-state index in [9.17, 15) is 0 Å². The number of nitrogens with zero attached hydrogens (tertiary/aromatic N) is 2. The molecule has 1 aromatic heterocycles. The number of hydrogen-bond donors (Lipinski definition) is 1. The van der Waals surface area contributed by atoms with Crippen molar-refractivity contribution in [1.29, 1.82) is 0 Å². The van der Waals surface area contributed by atoms with E-state index in [4.69, 9.17) is 10.3 Å². The van der Waals surface area contributed by atoms with Crippen LogP contribution in [0.1, 0.15) is 69.5 Å². The molecule has 0 radical (unpaired) electrons. The van der Waals surface area contributed by atoms with Crippen molar-refractivity contribution >= 4 is 18.5 Å². The van der Waals surface area contributed by atoms with E-state index in [0.717, 1.165) is 25.7 Å². The second kappa shape index (κ2) is 6.72. The molecular weight excluding hydrogens is 274 g/mol. The molecule has 0 bridgehead atoms. The van der Waals surface area contributed by atoms with Gasteiger partial charge in [0.1, 0.15) is 0 Å². The van der Waals surface area contributed by atoms with Crippen LogP contribution in [0.2, 0.25) is 0 Å². The van der Waals surface area contributed by atoms with Crippen LogP contribution < -0.4 is 5.73 Å². The summed E-state index contributed by atoms with van der Waals surface area (Å²) in [5, 5.41) is 4.07. The Morgan fingerprint density at radius 3 is 2.50 bits per heavy atom. The summed E-state index contributed by atoms with van der Waals surface area (Å²) in [5.74, 6) is 1.98. The predicted octanol–water partition coefficient (Wildman–Crippen LogP) is 3.81. The topological polar surface area (TPSA) is 64.9 Å². The zero-order valence-electron chi connectivity index (χ0n) is 11.9. The number of nitrogens with two attached hydrogens (primary N) is 1. The average Bonchev–Trinajstić information content (AvgIpc) is 3.07. The van der Waals surface area contributed by atoms with Gasteiger partial charge in [-0.15, -0.1) is 12.4 Å². The second-order valence-electron chi connectivity index (χ2n) is 6.08. The van der Waals surface area contributed by atoms with Crippen LogP contribution in [0.25, 0.3) is 6.08 Å². The molecule has 2 aliphatic carbocycles. The zero-order valence-corrected chi connectivity index (χ0v) is 12.7. The molecule has 0 atom stereocenters. The van der Waals surface area contributed by atoms with Crippen molar-refractivity contribution in [3.8, 4) is 0 Å². The first-order valence-corrected chi connectivity index (χ1v) is 7.58. The summed E-state index contributed by atoms with van der Waals surface area (Å²) >= 11 is 0. The Morgan fingerprint density at radius 1 is 1.10 bits per heavy atom. The number of halogens is 1. The van der Waals surface area contributed by atoms with Gasteiger partial charge in [-0.2, -0.15) is 4.98 Å². The molecule has 2 fully saturated rings. The highest BCUT2D eigenvalue weighted by molar-refractivity contribution is 5.85. The molecule has 0 saturated heterocycles. The molecule has 20 heavy (non-hydrogen) atoms. The fourth-order valence-corrected chi connectivity index (χ4v) is 3.28. The number of aromatic nitrogens is 2. The minimum atomic E-state index is -0.347. The third-order valence-corrected chi connectivity index (χ3v) is 4.54. The molecule has 2 N–H and O–H groups in total. The number of hydrogen-bond acceptors (Lipinski definition) is 4. The van der Waals surface area contributed by atoms with E-state index in [1.165, 1.54) is 32.1 Å². The third kappa shape index (κ3) is 3.41. The second-order valence-corrected chi connectivity index (χ2v) is 6.08. The van der Waals surface area contributed by atoms with Crippen molar-refractivity contribution in [2.75, 3.05) is 0 Å². The standard InChI is InChI=1S/C15H23N3O.ClH/c16-15(10-4-5-11-15)14-17-13(19-18-14)9-8-12-6-2-1-3-7-12;/h8-9,12H,1-7,10-11,16H2;1H/b9-8+;. The molecule has 0 spiro atoms. The summed E-state index contributed by atoms with van der Waals surface area (Å²) in [4.78, 5) is 4.46. The Morgan fingerprint density at radius 2 is 1.80 bits per heavy atom. The monoisotopic (exact) mass is 297 g/mol. The first-order chi connectivity index (χ1) is 9.26. The Kier molecular flexibility index (Phi) is 5.22. The molecule has 2 aliphatic rings. The lowest BCUT2D eigenvalue weighted by Gasteiger charge is -2.17. The molecule has 0 aromatic carbocycles. The highest BCUT2D eigenvalue weighted by Crippen LogP contribution is 2.34.